The lowest BCUT2D eigenvalue weighted by Gasteiger charge is -2.13. The Morgan fingerprint density at radius 3 is 1.70 bits per heavy atom. The number of rotatable bonds is 5. The van der Waals surface area contributed by atoms with Gasteiger partial charge in [0, 0.05) is 57.5 Å². The minimum absolute atomic E-state index is 0.590. The summed E-state index contributed by atoms with van der Waals surface area (Å²) in [5, 5.41) is 7.35. The van der Waals surface area contributed by atoms with Gasteiger partial charge in [0.25, 0.3) is 0 Å². The van der Waals surface area contributed by atoms with E-state index in [2.05, 4.69) is 168 Å². The molecule has 0 radical (unpaired) electrons. The molecule has 4 nitrogen and oxygen atoms in total. The van der Waals surface area contributed by atoms with Gasteiger partial charge in [-0.1, -0.05) is 152 Å². The van der Waals surface area contributed by atoms with Gasteiger partial charge in [0.1, 0.15) is 0 Å². The molecule has 0 aliphatic rings. The number of hydrogen-bond donors (Lipinski definition) is 0. The zero-order valence-electron chi connectivity index (χ0n) is 30.4. The van der Waals surface area contributed by atoms with Crippen molar-refractivity contribution in [3.05, 3.63) is 182 Å². The van der Waals surface area contributed by atoms with Crippen LogP contribution in [0.5, 0.6) is 0 Å². The van der Waals surface area contributed by atoms with Crippen molar-refractivity contribution in [2.45, 2.75) is 0 Å². The van der Waals surface area contributed by atoms with Crippen LogP contribution in [-0.2, 0) is 0 Å². The van der Waals surface area contributed by atoms with Gasteiger partial charge in [0.05, 0.1) is 15.7 Å². The van der Waals surface area contributed by atoms with Gasteiger partial charge in [-0.25, -0.2) is 4.98 Å². The third kappa shape index (κ3) is 5.08. The SMILES string of the molecule is c1ccc(-c2nc(-c3cc(-c4ccccc4)c4c(c3)sc3ccccc34)nc(-n3c4cccc(-c5ccccc5)c4c4ccc5c6ccccc6sc5c43)n2)cc1. The predicted octanol–water partition coefficient (Wildman–Crippen LogP) is 14.4. The maximum absolute atomic E-state index is 5.48. The van der Waals surface area contributed by atoms with Crippen molar-refractivity contribution in [1.82, 2.24) is 19.5 Å². The molecule has 0 fully saturated rings. The largest absolute Gasteiger partial charge is 0.276 e. The normalized spacial score (nSPS) is 11.9. The summed E-state index contributed by atoms with van der Waals surface area (Å²) in [5.41, 5.74) is 8.72. The topological polar surface area (TPSA) is 43.6 Å². The molecular formula is C51H30N4S2. The minimum atomic E-state index is 0.590. The number of aromatic nitrogens is 4. The van der Waals surface area contributed by atoms with Crippen molar-refractivity contribution in [2.75, 3.05) is 0 Å². The van der Waals surface area contributed by atoms with Gasteiger partial charge < -0.3 is 0 Å². The number of nitrogens with zero attached hydrogens (tertiary/aromatic N) is 4. The zero-order chi connectivity index (χ0) is 37.5. The second kappa shape index (κ2) is 12.8. The van der Waals surface area contributed by atoms with Crippen LogP contribution < -0.4 is 0 Å². The summed E-state index contributed by atoms with van der Waals surface area (Å²) in [7, 11) is 0. The third-order valence-corrected chi connectivity index (χ3v) is 13.4. The Labute approximate surface area is 335 Å². The fraction of sp³-hybridized carbons (Fsp3) is 0. The highest BCUT2D eigenvalue weighted by molar-refractivity contribution is 7.26. The quantitative estimate of drug-likeness (QED) is 0.175. The Morgan fingerprint density at radius 2 is 0.965 bits per heavy atom. The van der Waals surface area contributed by atoms with E-state index in [1.807, 2.05) is 40.9 Å². The Morgan fingerprint density at radius 1 is 0.368 bits per heavy atom. The molecular weight excluding hydrogens is 733 g/mol. The highest BCUT2D eigenvalue weighted by atomic mass is 32.1. The van der Waals surface area contributed by atoms with E-state index in [-0.39, 0.29) is 0 Å². The molecule has 0 saturated carbocycles. The zero-order valence-corrected chi connectivity index (χ0v) is 32.1. The Kier molecular flexibility index (Phi) is 7.24. The van der Waals surface area contributed by atoms with Crippen LogP contribution in [0, 0.1) is 0 Å². The summed E-state index contributed by atoms with van der Waals surface area (Å²) in [6.45, 7) is 0. The molecule has 4 aromatic heterocycles. The van der Waals surface area contributed by atoms with Crippen LogP contribution in [-0.4, -0.2) is 19.5 Å². The van der Waals surface area contributed by atoms with Crippen molar-refractivity contribution < 1.29 is 0 Å². The first-order chi connectivity index (χ1) is 28.3. The summed E-state index contributed by atoms with van der Waals surface area (Å²) in [6.07, 6.45) is 0. The Bertz CT molecular complexity index is 3510. The predicted molar refractivity (Wildman–Crippen MR) is 242 cm³/mol. The molecule has 0 bridgehead atoms. The monoisotopic (exact) mass is 762 g/mol. The average Bonchev–Trinajstić information content (AvgIpc) is 3.96. The molecule has 57 heavy (non-hydrogen) atoms. The van der Waals surface area contributed by atoms with Crippen molar-refractivity contribution in [3.63, 3.8) is 0 Å². The van der Waals surface area contributed by atoms with E-state index in [0.717, 1.165) is 27.7 Å². The van der Waals surface area contributed by atoms with E-state index >= 15 is 0 Å². The molecule has 0 saturated heterocycles. The molecule has 0 aliphatic carbocycles. The molecule has 12 aromatic rings. The minimum Gasteiger partial charge on any atom is -0.276 e. The highest BCUT2D eigenvalue weighted by Gasteiger charge is 2.24. The van der Waals surface area contributed by atoms with E-state index in [4.69, 9.17) is 15.0 Å². The molecule has 8 aromatic carbocycles. The number of hydrogen-bond acceptors (Lipinski definition) is 5. The molecule has 0 unspecified atom stereocenters. The molecule has 0 N–H and O–H groups in total. The maximum Gasteiger partial charge on any atom is 0.238 e. The van der Waals surface area contributed by atoms with E-state index < -0.39 is 0 Å². The lowest BCUT2D eigenvalue weighted by Crippen LogP contribution is -2.06. The summed E-state index contributed by atoms with van der Waals surface area (Å²) in [6, 6.07) is 64.8. The second-order valence-corrected chi connectivity index (χ2v) is 16.5. The first-order valence-corrected chi connectivity index (χ1v) is 20.7. The molecule has 0 atom stereocenters. The van der Waals surface area contributed by atoms with Crippen LogP contribution >= 0.6 is 22.7 Å². The summed E-state index contributed by atoms with van der Waals surface area (Å²) >= 11 is 3.64. The van der Waals surface area contributed by atoms with Crippen LogP contribution in [0.3, 0.4) is 0 Å². The van der Waals surface area contributed by atoms with E-state index in [1.165, 1.54) is 67.8 Å². The summed E-state index contributed by atoms with van der Waals surface area (Å²) in [5.74, 6) is 1.85. The molecule has 4 heterocycles. The summed E-state index contributed by atoms with van der Waals surface area (Å²) in [4.78, 5) is 16.1. The maximum atomic E-state index is 5.48. The molecule has 266 valence electrons. The Hall–Kier alpha value is -6.99. The first-order valence-electron chi connectivity index (χ1n) is 19.0. The average molecular weight is 763 g/mol. The second-order valence-electron chi connectivity index (χ2n) is 14.3. The van der Waals surface area contributed by atoms with Crippen molar-refractivity contribution in [2.24, 2.45) is 0 Å². The van der Waals surface area contributed by atoms with Crippen LogP contribution in [0.15, 0.2) is 182 Å². The first kappa shape index (κ1) is 32.3. The smallest absolute Gasteiger partial charge is 0.238 e. The number of fused-ring (bicyclic) bond motifs is 10. The van der Waals surface area contributed by atoms with Gasteiger partial charge >= 0.3 is 0 Å². The fourth-order valence-corrected chi connectivity index (χ4v) is 10.9. The molecule has 12 rings (SSSR count). The molecule has 0 amide bonds. The van der Waals surface area contributed by atoms with Gasteiger partial charge in [0.15, 0.2) is 11.6 Å². The fourth-order valence-electron chi connectivity index (χ4n) is 8.53. The molecule has 6 heteroatoms. The van der Waals surface area contributed by atoms with Crippen molar-refractivity contribution >= 4 is 84.8 Å². The number of benzene rings is 8. The Balaban J connectivity index is 1.21. The van der Waals surface area contributed by atoms with Gasteiger partial charge in [-0.05, 0) is 52.6 Å². The molecule has 0 spiro atoms. The number of thiophene rings is 2. The summed E-state index contributed by atoms with van der Waals surface area (Å²) < 4.78 is 7.22. The van der Waals surface area contributed by atoms with Crippen LogP contribution in [0.2, 0.25) is 0 Å². The van der Waals surface area contributed by atoms with Gasteiger partial charge in [-0.15, -0.1) is 22.7 Å². The van der Waals surface area contributed by atoms with Gasteiger partial charge in [0.2, 0.25) is 5.95 Å². The van der Waals surface area contributed by atoms with Crippen molar-refractivity contribution in [3.8, 4) is 51.0 Å². The van der Waals surface area contributed by atoms with E-state index in [0.29, 0.717) is 17.6 Å². The van der Waals surface area contributed by atoms with Gasteiger partial charge in [-0.2, -0.15) is 9.97 Å². The highest BCUT2D eigenvalue weighted by Crippen LogP contribution is 2.46. The van der Waals surface area contributed by atoms with Crippen LogP contribution in [0.4, 0.5) is 0 Å². The van der Waals surface area contributed by atoms with E-state index in [9.17, 15) is 0 Å². The van der Waals surface area contributed by atoms with Crippen LogP contribution in [0.1, 0.15) is 0 Å². The van der Waals surface area contributed by atoms with Crippen molar-refractivity contribution in [1.29, 1.82) is 0 Å². The lowest BCUT2D eigenvalue weighted by atomic mass is 9.97. The molecule has 0 aliphatic heterocycles. The van der Waals surface area contributed by atoms with E-state index in [1.54, 1.807) is 0 Å². The standard InChI is InChI=1S/C51H30N4S2/c1-4-15-31(16-5-1)35-23-14-24-41-45(35)39-28-27-37-36-21-10-12-25-42(36)57-48(37)47(39)55(41)51-53-49(33-19-8-3-9-20-33)52-50(54-51)34-29-40(32-17-6-2-7-18-32)46-38-22-11-13-26-43(38)56-44(46)30-34/h1-30H. The lowest BCUT2D eigenvalue weighted by molar-refractivity contribution is 0.956. The van der Waals surface area contributed by atoms with Gasteiger partial charge in [-0.3, -0.25) is 4.57 Å². The van der Waals surface area contributed by atoms with Crippen LogP contribution in [0.25, 0.3) is 113 Å². The third-order valence-electron chi connectivity index (χ3n) is 11.1.